The Morgan fingerprint density at radius 1 is 1.35 bits per heavy atom. The van der Waals surface area contributed by atoms with Crippen LogP contribution in [0.2, 0.25) is 0 Å². The van der Waals surface area contributed by atoms with Crippen molar-refractivity contribution < 1.29 is 9.47 Å². The molecule has 2 aromatic rings. The van der Waals surface area contributed by atoms with Crippen LogP contribution in [-0.4, -0.2) is 23.8 Å². The van der Waals surface area contributed by atoms with E-state index in [4.69, 9.17) is 21.7 Å². The first-order valence-electron chi connectivity index (χ1n) is 7.05. The number of rotatable bonds is 5. The number of pyridine rings is 1. The van der Waals surface area contributed by atoms with E-state index >= 15 is 0 Å². The summed E-state index contributed by atoms with van der Waals surface area (Å²) in [6, 6.07) is 7.63. The van der Waals surface area contributed by atoms with E-state index in [1.54, 1.807) is 13.3 Å². The fourth-order valence-electron chi connectivity index (χ4n) is 1.94. The standard InChI is InChI=1S/C16H18BrN3O2S/c1-4-22-12-7-5-6-11(8-12)19-16(23)20-13-9-18-15(21-3)14(17)10(13)2/h5-9H,4H2,1-3H3,(H2,19,20,23). The summed E-state index contributed by atoms with van der Waals surface area (Å²) in [4.78, 5) is 4.22. The Hall–Kier alpha value is -1.86. The summed E-state index contributed by atoms with van der Waals surface area (Å²) in [7, 11) is 1.58. The molecule has 5 nitrogen and oxygen atoms in total. The second kappa shape index (κ2) is 8.12. The number of anilines is 2. The normalized spacial score (nSPS) is 10.1. The molecule has 7 heteroatoms. The molecule has 0 unspecified atom stereocenters. The molecule has 0 fully saturated rings. The summed E-state index contributed by atoms with van der Waals surface area (Å²) in [5, 5.41) is 6.74. The van der Waals surface area contributed by atoms with Gasteiger partial charge in [-0.2, -0.15) is 0 Å². The summed E-state index contributed by atoms with van der Waals surface area (Å²) < 4.78 is 11.4. The predicted octanol–water partition coefficient (Wildman–Crippen LogP) is 4.37. The van der Waals surface area contributed by atoms with Crippen molar-refractivity contribution in [3.8, 4) is 11.6 Å². The van der Waals surface area contributed by atoms with E-state index in [-0.39, 0.29) is 0 Å². The number of halogens is 1. The highest BCUT2D eigenvalue weighted by molar-refractivity contribution is 9.10. The van der Waals surface area contributed by atoms with Crippen LogP contribution in [0.25, 0.3) is 0 Å². The largest absolute Gasteiger partial charge is 0.494 e. The SMILES string of the molecule is CCOc1cccc(NC(=S)Nc2cnc(OC)c(Br)c2C)c1. The molecule has 0 aliphatic rings. The highest BCUT2D eigenvalue weighted by Gasteiger charge is 2.10. The third-order valence-corrected chi connectivity index (χ3v) is 4.21. The van der Waals surface area contributed by atoms with Crippen LogP contribution < -0.4 is 20.1 Å². The third kappa shape index (κ3) is 4.56. The van der Waals surface area contributed by atoms with Crippen molar-refractivity contribution in [2.75, 3.05) is 24.4 Å². The molecule has 1 aromatic carbocycles. The Bertz CT molecular complexity index is 710. The molecule has 1 aromatic heterocycles. The first kappa shape index (κ1) is 17.5. The van der Waals surface area contributed by atoms with Gasteiger partial charge in [-0.15, -0.1) is 0 Å². The van der Waals surface area contributed by atoms with Gasteiger partial charge in [0.25, 0.3) is 0 Å². The van der Waals surface area contributed by atoms with Crippen molar-refractivity contribution in [3.05, 3.63) is 40.5 Å². The van der Waals surface area contributed by atoms with Crippen molar-refractivity contribution >= 4 is 44.6 Å². The van der Waals surface area contributed by atoms with E-state index in [2.05, 4.69) is 31.5 Å². The number of benzene rings is 1. The Labute approximate surface area is 149 Å². The molecule has 122 valence electrons. The van der Waals surface area contributed by atoms with Gasteiger partial charge in [-0.3, -0.25) is 0 Å². The lowest BCUT2D eigenvalue weighted by molar-refractivity contribution is 0.340. The van der Waals surface area contributed by atoms with Gasteiger partial charge in [-0.1, -0.05) is 6.07 Å². The number of hydrogen-bond donors (Lipinski definition) is 2. The molecule has 23 heavy (non-hydrogen) atoms. The van der Waals surface area contributed by atoms with Crippen LogP contribution in [0.4, 0.5) is 11.4 Å². The van der Waals surface area contributed by atoms with Gasteiger partial charge in [0.1, 0.15) is 5.75 Å². The summed E-state index contributed by atoms with van der Waals surface area (Å²) in [6.45, 7) is 4.52. The van der Waals surface area contributed by atoms with Crippen molar-refractivity contribution in [3.63, 3.8) is 0 Å². The highest BCUT2D eigenvalue weighted by atomic mass is 79.9. The average molecular weight is 396 g/mol. The van der Waals surface area contributed by atoms with E-state index in [9.17, 15) is 0 Å². The van der Waals surface area contributed by atoms with Crippen molar-refractivity contribution in [1.29, 1.82) is 0 Å². The highest BCUT2D eigenvalue weighted by Crippen LogP contribution is 2.30. The van der Waals surface area contributed by atoms with Crippen molar-refractivity contribution in [2.24, 2.45) is 0 Å². The van der Waals surface area contributed by atoms with Crippen LogP contribution >= 0.6 is 28.1 Å². The fourth-order valence-corrected chi connectivity index (χ4v) is 2.64. The maximum Gasteiger partial charge on any atom is 0.228 e. The van der Waals surface area contributed by atoms with E-state index in [0.717, 1.165) is 27.2 Å². The molecule has 0 radical (unpaired) electrons. The van der Waals surface area contributed by atoms with Gasteiger partial charge in [0.05, 0.1) is 30.1 Å². The van der Waals surface area contributed by atoms with Gasteiger partial charge in [0.2, 0.25) is 5.88 Å². The smallest absolute Gasteiger partial charge is 0.228 e. The number of thiocarbonyl (C=S) groups is 1. The van der Waals surface area contributed by atoms with Crippen LogP contribution in [-0.2, 0) is 0 Å². The molecule has 0 amide bonds. The van der Waals surface area contributed by atoms with Gasteiger partial charge >= 0.3 is 0 Å². The second-order valence-electron chi connectivity index (χ2n) is 4.66. The first-order chi connectivity index (χ1) is 11.0. The molecule has 1 heterocycles. The van der Waals surface area contributed by atoms with Crippen LogP contribution in [0.3, 0.4) is 0 Å². The molecule has 0 bridgehead atoms. The van der Waals surface area contributed by atoms with E-state index in [0.29, 0.717) is 17.6 Å². The number of ether oxygens (including phenoxy) is 2. The lowest BCUT2D eigenvalue weighted by Crippen LogP contribution is -2.20. The van der Waals surface area contributed by atoms with E-state index in [1.807, 2.05) is 38.1 Å². The molecule has 0 aliphatic heterocycles. The summed E-state index contributed by atoms with van der Waals surface area (Å²) in [6.07, 6.45) is 1.68. The van der Waals surface area contributed by atoms with Crippen molar-refractivity contribution in [2.45, 2.75) is 13.8 Å². The Morgan fingerprint density at radius 3 is 2.83 bits per heavy atom. The third-order valence-electron chi connectivity index (χ3n) is 3.08. The van der Waals surface area contributed by atoms with Gasteiger partial charge < -0.3 is 20.1 Å². The number of nitrogens with zero attached hydrogens (tertiary/aromatic N) is 1. The Kier molecular flexibility index (Phi) is 6.18. The number of aromatic nitrogens is 1. The van der Waals surface area contributed by atoms with E-state index in [1.165, 1.54) is 0 Å². The van der Waals surface area contributed by atoms with Gasteiger partial charge in [0, 0.05) is 11.8 Å². The molecule has 0 atom stereocenters. The van der Waals surface area contributed by atoms with Crippen LogP contribution in [0, 0.1) is 6.92 Å². The van der Waals surface area contributed by atoms with Crippen LogP contribution in [0.5, 0.6) is 11.6 Å². The fraction of sp³-hybridized carbons (Fsp3) is 0.250. The average Bonchev–Trinajstić information content (AvgIpc) is 2.53. The zero-order valence-corrected chi connectivity index (χ0v) is 15.5. The van der Waals surface area contributed by atoms with Crippen LogP contribution in [0.15, 0.2) is 34.9 Å². The topological polar surface area (TPSA) is 55.4 Å². The molecule has 0 aliphatic carbocycles. The number of methoxy groups -OCH3 is 1. The maximum absolute atomic E-state index is 5.47. The molecule has 0 saturated heterocycles. The first-order valence-corrected chi connectivity index (χ1v) is 8.25. The molecule has 2 rings (SSSR count). The van der Waals surface area contributed by atoms with Crippen molar-refractivity contribution in [1.82, 2.24) is 4.98 Å². The molecule has 2 N–H and O–H groups in total. The zero-order valence-electron chi connectivity index (χ0n) is 13.1. The molecular weight excluding hydrogens is 378 g/mol. The van der Waals surface area contributed by atoms with E-state index < -0.39 is 0 Å². The summed E-state index contributed by atoms with van der Waals surface area (Å²) >= 11 is 8.82. The monoisotopic (exact) mass is 395 g/mol. The van der Waals surface area contributed by atoms with Gasteiger partial charge in [0.15, 0.2) is 5.11 Å². The van der Waals surface area contributed by atoms with Gasteiger partial charge in [-0.05, 0) is 59.7 Å². The quantitative estimate of drug-likeness (QED) is 0.733. The predicted molar refractivity (Wildman–Crippen MR) is 101 cm³/mol. The minimum absolute atomic E-state index is 0.473. The molecular formula is C16H18BrN3O2S. The molecule has 0 saturated carbocycles. The lowest BCUT2D eigenvalue weighted by Gasteiger charge is -2.14. The zero-order chi connectivity index (χ0) is 16.8. The minimum Gasteiger partial charge on any atom is -0.494 e. The number of nitrogens with one attached hydrogen (secondary N) is 2. The molecule has 0 spiro atoms. The lowest BCUT2D eigenvalue weighted by atomic mass is 10.2. The number of hydrogen-bond acceptors (Lipinski definition) is 4. The summed E-state index contributed by atoms with van der Waals surface area (Å²) in [5.74, 6) is 1.33. The Balaban J connectivity index is 2.08. The minimum atomic E-state index is 0.473. The van der Waals surface area contributed by atoms with Gasteiger partial charge in [-0.25, -0.2) is 4.98 Å². The Morgan fingerprint density at radius 2 is 2.13 bits per heavy atom. The maximum atomic E-state index is 5.47. The second-order valence-corrected chi connectivity index (χ2v) is 5.86. The van der Waals surface area contributed by atoms with Crippen LogP contribution in [0.1, 0.15) is 12.5 Å². The summed E-state index contributed by atoms with van der Waals surface area (Å²) in [5.41, 5.74) is 2.62.